The van der Waals surface area contributed by atoms with Gasteiger partial charge in [-0.3, -0.25) is 4.79 Å². The molecular formula is C12H10BrClN2O2. The highest BCUT2D eigenvalue weighted by Gasteiger charge is 2.12. The van der Waals surface area contributed by atoms with E-state index in [1.54, 1.807) is 25.1 Å². The second-order valence-electron chi connectivity index (χ2n) is 3.71. The van der Waals surface area contributed by atoms with E-state index in [2.05, 4.69) is 26.1 Å². The molecule has 0 atom stereocenters. The molecule has 0 fully saturated rings. The molecule has 1 heterocycles. The molecule has 0 saturated carbocycles. The molecule has 0 spiro atoms. The molecule has 18 heavy (non-hydrogen) atoms. The number of halogens is 2. The predicted octanol–water partition coefficient (Wildman–Crippen LogP) is 3.67. The molecule has 0 aliphatic heterocycles. The third-order valence-corrected chi connectivity index (χ3v) is 3.60. The van der Waals surface area contributed by atoms with Gasteiger partial charge in [-0.05, 0) is 34.1 Å². The number of carbonyl (C=O) groups is 1. The highest BCUT2D eigenvalue weighted by Crippen LogP contribution is 2.27. The SMILES string of the molecule is CCC(=O)Cc1nc(-c2ccc(Cl)c(Br)c2)no1. The molecule has 0 saturated heterocycles. The Morgan fingerprint density at radius 2 is 2.28 bits per heavy atom. The lowest BCUT2D eigenvalue weighted by Gasteiger charge is -1.97. The first-order valence-corrected chi connectivity index (χ1v) is 6.57. The molecule has 1 aromatic heterocycles. The van der Waals surface area contributed by atoms with Crippen molar-refractivity contribution >= 4 is 33.3 Å². The van der Waals surface area contributed by atoms with E-state index < -0.39 is 0 Å². The van der Waals surface area contributed by atoms with Crippen molar-refractivity contribution in [1.82, 2.24) is 10.1 Å². The van der Waals surface area contributed by atoms with Gasteiger partial charge in [0.05, 0.1) is 11.4 Å². The minimum absolute atomic E-state index is 0.0717. The average Bonchev–Trinajstić information content (AvgIpc) is 2.81. The van der Waals surface area contributed by atoms with Crippen molar-refractivity contribution in [2.24, 2.45) is 0 Å². The lowest BCUT2D eigenvalue weighted by molar-refractivity contribution is -0.118. The summed E-state index contributed by atoms with van der Waals surface area (Å²) in [6, 6.07) is 5.34. The number of nitrogens with zero attached hydrogens (tertiary/aromatic N) is 2. The van der Waals surface area contributed by atoms with E-state index in [-0.39, 0.29) is 12.2 Å². The van der Waals surface area contributed by atoms with Crippen LogP contribution in [0.2, 0.25) is 5.02 Å². The van der Waals surface area contributed by atoms with Crippen LogP contribution in [0.5, 0.6) is 0 Å². The van der Waals surface area contributed by atoms with E-state index in [0.29, 0.717) is 23.2 Å². The molecule has 2 rings (SSSR count). The summed E-state index contributed by atoms with van der Waals surface area (Å²) >= 11 is 9.23. The van der Waals surface area contributed by atoms with Crippen LogP contribution in [0, 0.1) is 0 Å². The zero-order valence-electron chi connectivity index (χ0n) is 9.61. The van der Waals surface area contributed by atoms with Gasteiger partial charge < -0.3 is 4.52 Å². The molecular weight excluding hydrogens is 320 g/mol. The Morgan fingerprint density at radius 3 is 2.94 bits per heavy atom. The van der Waals surface area contributed by atoms with Gasteiger partial charge in [0.15, 0.2) is 0 Å². The van der Waals surface area contributed by atoms with Gasteiger partial charge in [-0.15, -0.1) is 0 Å². The summed E-state index contributed by atoms with van der Waals surface area (Å²) < 4.78 is 5.79. The van der Waals surface area contributed by atoms with E-state index in [9.17, 15) is 4.79 Å². The summed E-state index contributed by atoms with van der Waals surface area (Å²) in [7, 11) is 0. The summed E-state index contributed by atoms with van der Waals surface area (Å²) in [6.45, 7) is 1.80. The average molecular weight is 330 g/mol. The summed E-state index contributed by atoms with van der Waals surface area (Å²) in [5.74, 6) is 0.858. The Hall–Kier alpha value is -1.20. The highest BCUT2D eigenvalue weighted by molar-refractivity contribution is 9.10. The Kier molecular flexibility index (Phi) is 4.14. The van der Waals surface area contributed by atoms with Gasteiger partial charge in [0, 0.05) is 16.5 Å². The topological polar surface area (TPSA) is 56.0 Å². The molecule has 0 aliphatic rings. The number of Topliss-reactive ketones (excluding diaryl/α,β-unsaturated/α-hetero) is 1. The molecule has 6 heteroatoms. The van der Waals surface area contributed by atoms with Crippen LogP contribution in [0.15, 0.2) is 27.2 Å². The number of benzene rings is 1. The minimum atomic E-state index is 0.0717. The van der Waals surface area contributed by atoms with Gasteiger partial charge in [-0.1, -0.05) is 23.7 Å². The highest BCUT2D eigenvalue weighted by atomic mass is 79.9. The van der Waals surface area contributed by atoms with Crippen molar-refractivity contribution in [3.05, 3.63) is 33.6 Å². The lowest BCUT2D eigenvalue weighted by Crippen LogP contribution is -2.00. The lowest BCUT2D eigenvalue weighted by atomic mass is 10.2. The standard InChI is InChI=1S/C12H10BrClN2O2/c1-2-8(17)6-11-15-12(16-18-11)7-3-4-10(14)9(13)5-7/h3-5H,2,6H2,1H3. The van der Waals surface area contributed by atoms with Gasteiger partial charge in [-0.2, -0.15) is 4.98 Å². The summed E-state index contributed by atoms with van der Waals surface area (Å²) in [4.78, 5) is 15.4. The molecule has 0 N–H and O–H groups in total. The maximum Gasteiger partial charge on any atom is 0.234 e. The zero-order chi connectivity index (χ0) is 13.1. The molecule has 1 aromatic carbocycles. The largest absolute Gasteiger partial charge is 0.339 e. The van der Waals surface area contributed by atoms with Crippen LogP contribution < -0.4 is 0 Å². The smallest absolute Gasteiger partial charge is 0.234 e. The molecule has 2 aromatic rings. The third kappa shape index (κ3) is 2.97. The van der Waals surface area contributed by atoms with Crippen LogP contribution >= 0.6 is 27.5 Å². The Bertz CT molecular complexity index is 583. The zero-order valence-corrected chi connectivity index (χ0v) is 12.0. The normalized spacial score (nSPS) is 10.6. The van der Waals surface area contributed by atoms with Gasteiger partial charge >= 0.3 is 0 Å². The van der Waals surface area contributed by atoms with E-state index in [4.69, 9.17) is 16.1 Å². The monoisotopic (exact) mass is 328 g/mol. The predicted molar refractivity (Wildman–Crippen MR) is 71.4 cm³/mol. The van der Waals surface area contributed by atoms with E-state index in [1.165, 1.54) is 0 Å². The van der Waals surface area contributed by atoms with Crippen LogP contribution in [0.3, 0.4) is 0 Å². The van der Waals surface area contributed by atoms with Crippen molar-refractivity contribution in [3.63, 3.8) is 0 Å². The molecule has 0 amide bonds. The second kappa shape index (κ2) is 5.63. The maximum atomic E-state index is 11.3. The van der Waals surface area contributed by atoms with Crippen molar-refractivity contribution in [2.75, 3.05) is 0 Å². The Balaban J connectivity index is 2.23. The van der Waals surface area contributed by atoms with Gasteiger partial charge in [-0.25, -0.2) is 0 Å². The molecule has 0 unspecified atom stereocenters. The molecule has 0 bridgehead atoms. The summed E-state index contributed by atoms with van der Waals surface area (Å²) in [5.41, 5.74) is 0.783. The van der Waals surface area contributed by atoms with Crippen LogP contribution in [-0.4, -0.2) is 15.9 Å². The fourth-order valence-electron chi connectivity index (χ4n) is 1.37. The Morgan fingerprint density at radius 1 is 1.50 bits per heavy atom. The van der Waals surface area contributed by atoms with Gasteiger partial charge in [0.2, 0.25) is 11.7 Å². The number of hydrogen-bond donors (Lipinski definition) is 0. The first kappa shape index (κ1) is 13.2. The van der Waals surface area contributed by atoms with Crippen LogP contribution in [0.1, 0.15) is 19.2 Å². The number of carbonyl (C=O) groups excluding carboxylic acids is 1. The molecule has 0 aliphatic carbocycles. The van der Waals surface area contributed by atoms with Gasteiger partial charge in [0.1, 0.15) is 5.78 Å². The number of ketones is 1. The first-order chi connectivity index (χ1) is 8.60. The number of hydrogen-bond acceptors (Lipinski definition) is 4. The maximum absolute atomic E-state index is 11.3. The van der Waals surface area contributed by atoms with Gasteiger partial charge in [0.25, 0.3) is 0 Å². The third-order valence-electron chi connectivity index (χ3n) is 2.39. The van der Waals surface area contributed by atoms with Crippen molar-refractivity contribution in [1.29, 1.82) is 0 Å². The van der Waals surface area contributed by atoms with Crippen LogP contribution in [0.4, 0.5) is 0 Å². The fourth-order valence-corrected chi connectivity index (χ4v) is 1.87. The van der Waals surface area contributed by atoms with Crippen molar-refractivity contribution in [2.45, 2.75) is 19.8 Å². The number of aromatic nitrogens is 2. The fraction of sp³-hybridized carbons (Fsp3) is 0.250. The summed E-state index contributed by atoms with van der Waals surface area (Å²) in [6.07, 6.45) is 0.641. The van der Waals surface area contributed by atoms with E-state index >= 15 is 0 Å². The van der Waals surface area contributed by atoms with Crippen LogP contribution in [0.25, 0.3) is 11.4 Å². The van der Waals surface area contributed by atoms with Crippen LogP contribution in [-0.2, 0) is 11.2 Å². The summed E-state index contributed by atoms with van der Waals surface area (Å²) in [5, 5.41) is 4.46. The van der Waals surface area contributed by atoms with Crippen molar-refractivity contribution in [3.8, 4) is 11.4 Å². The molecule has 4 nitrogen and oxygen atoms in total. The first-order valence-electron chi connectivity index (χ1n) is 5.40. The van der Waals surface area contributed by atoms with Crippen molar-refractivity contribution < 1.29 is 9.32 Å². The minimum Gasteiger partial charge on any atom is -0.339 e. The number of rotatable bonds is 4. The Labute approximate surface area is 117 Å². The van der Waals surface area contributed by atoms with E-state index in [1.807, 2.05) is 0 Å². The quantitative estimate of drug-likeness (QED) is 0.858. The molecule has 94 valence electrons. The second-order valence-corrected chi connectivity index (χ2v) is 4.97. The molecule has 0 radical (unpaired) electrons. The van der Waals surface area contributed by atoms with E-state index in [0.717, 1.165) is 10.0 Å².